The van der Waals surface area contributed by atoms with E-state index < -0.39 is 0 Å². The molecule has 0 radical (unpaired) electrons. The molecule has 2 aliphatic rings. The highest BCUT2D eigenvalue weighted by molar-refractivity contribution is 5.42. The summed E-state index contributed by atoms with van der Waals surface area (Å²) in [6.07, 6.45) is 7.41. The van der Waals surface area contributed by atoms with Gasteiger partial charge in [0, 0.05) is 25.7 Å². The van der Waals surface area contributed by atoms with Crippen LogP contribution >= 0.6 is 0 Å². The summed E-state index contributed by atoms with van der Waals surface area (Å²) in [5, 5.41) is 6.55. The molecule has 0 aromatic carbocycles. The van der Waals surface area contributed by atoms with Gasteiger partial charge in [0.05, 0.1) is 12.4 Å². The van der Waals surface area contributed by atoms with E-state index in [2.05, 4.69) is 25.5 Å². The highest BCUT2D eigenvalue weighted by Gasteiger charge is 2.37. The van der Waals surface area contributed by atoms with Crippen molar-refractivity contribution in [1.29, 1.82) is 0 Å². The lowest BCUT2D eigenvalue weighted by atomic mass is 10.1. The lowest BCUT2D eigenvalue weighted by Gasteiger charge is -2.21. The first kappa shape index (κ1) is 10.8. The second-order valence-electron chi connectivity index (χ2n) is 4.82. The number of hydrogen-bond donors (Lipinski definition) is 2. The zero-order chi connectivity index (χ0) is 11.7. The van der Waals surface area contributed by atoms with Gasteiger partial charge in [0.1, 0.15) is 11.6 Å². The van der Waals surface area contributed by atoms with Crippen LogP contribution in [0.3, 0.4) is 0 Å². The molecule has 17 heavy (non-hydrogen) atoms. The van der Waals surface area contributed by atoms with Gasteiger partial charge in [-0.15, -0.1) is 0 Å². The Kier molecular flexibility index (Phi) is 2.84. The summed E-state index contributed by atoms with van der Waals surface area (Å²) < 4.78 is 0. The predicted molar refractivity (Wildman–Crippen MR) is 68.2 cm³/mol. The molecule has 2 saturated heterocycles. The minimum atomic E-state index is 0.541. The van der Waals surface area contributed by atoms with E-state index in [1.807, 2.05) is 7.05 Å². The summed E-state index contributed by atoms with van der Waals surface area (Å²) in [6.45, 7) is 2.49. The number of anilines is 2. The molecular formula is C12H19N5. The Hall–Kier alpha value is -1.36. The van der Waals surface area contributed by atoms with Crippen molar-refractivity contribution in [2.24, 2.45) is 0 Å². The third kappa shape index (κ3) is 2.07. The van der Waals surface area contributed by atoms with Gasteiger partial charge >= 0.3 is 0 Å². The smallest absolute Gasteiger partial charge is 0.147 e. The lowest BCUT2D eigenvalue weighted by molar-refractivity contribution is 0.318. The fourth-order valence-corrected chi connectivity index (χ4v) is 3.00. The number of fused-ring (bicyclic) bond motifs is 1. The van der Waals surface area contributed by atoms with Crippen LogP contribution in [0.25, 0.3) is 0 Å². The number of nitrogens with zero attached hydrogens (tertiary/aromatic N) is 3. The first-order chi connectivity index (χ1) is 8.36. The van der Waals surface area contributed by atoms with Crippen LogP contribution in [0.2, 0.25) is 0 Å². The van der Waals surface area contributed by atoms with Crippen molar-refractivity contribution in [1.82, 2.24) is 14.9 Å². The van der Waals surface area contributed by atoms with E-state index >= 15 is 0 Å². The molecular weight excluding hydrogens is 214 g/mol. The zero-order valence-electron chi connectivity index (χ0n) is 10.2. The van der Waals surface area contributed by atoms with Gasteiger partial charge in [0.2, 0.25) is 0 Å². The molecule has 2 atom stereocenters. The van der Waals surface area contributed by atoms with Crippen molar-refractivity contribution >= 4 is 11.6 Å². The van der Waals surface area contributed by atoms with Crippen LogP contribution < -0.4 is 10.6 Å². The fourth-order valence-electron chi connectivity index (χ4n) is 3.00. The molecule has 1 aromatic heterocycles. The highest BCUT2D eigenvalue weighted by atomic mass is 15.2. The second kappa shape index (κ2) is 4.49. The van der Waals surface area contributed by atoms with Gasteiger partial charge in [-0.1, -0.05) is 0 Å². The van der Waals surface area contributed by atoms with Crippen molar-refractivity contribution in [3.05, 3.63) is 12.4 Å². The SMILES string of the molecule is CNc1cncc(NC2CCN3CCCC23)n1. The number of hydrogen-bond acceptors (Lipinski definition) is 5. The fraction of sp³-hybridized carbons (Fsp3) is 0.667. The summed E-state index contributed by atoms with van der Waals surface area (Å²) in [5.41, 5.74) is 0. The minimum Gasteiger partial charge on any atom is -0.372 e. The van der Waals surface area contributed by atoms with E-state index in [0.29, 0.717) is 12.1 Å². The van der Waals surface area contributed by atoms with E-state index in [1.54, 1.807) is 12.4 Å². The van der Waals surface area contributed by atoms with Gasteiger partial charge < -0.3 is 10.6 Å². The van der Waals surface area contributed by atoms with Crippen LogP contribution in [0.5, 0.6) is 0 Å². The van der Waals surface area contributed by atoms with Crippen molar-refractivity contribution in [3.8, 4) is 0 Å². The average molecular weight is 233 g/mol. The summed E-state index contributed by atoms with van der Waals surface area (Å²) in [6, 6.07) is 1.24. The first-order valence-electron chi connectivity index (χ1n) is 6.37. The molecule has 5 nitrogen and oxygen atoms in total. The largest absolute Gasteiger partial charge is 0.372 e. The lowest BCUT2D eigenvalue weighted by Crippen LogP contribution is -2.34. The van der Waals surface area contributed by atoms with Crippen LogP contribution in [0.4, 0.5) is 11.6 Å². The first-order valence-corrected chi connectivity index (χ1v) is 6.37. The van der Waals surface area contributed by atoms with Gasteiger partial charge in [-0.25, -0.2) is 4.98 Å². The van der Waals surface area contributed by atoms with Gasteiger partial charge in [0.15, 0.2) is 0 Å². The number of rotatable bonds is 3. The Bertz CT molecular complexity index is 394. The van der Waals surface area contributed by atoms with Crippen molar-refractivity contribution in [2.75, 3.05) is 30.8 Å². The van der Waals surface area contributed by atoms with Gasteiger partial charge in [-0.2, -0.15) is 0 Å². The van der Waals surface area contributed by atoms with Gasteiger partial charge in [-0.3, -0.25) is 9.88 Å². The maximum atomic E-state index is 4.47. The van der Waals surface area contributed by atoms with Crippen LogP contribution in [0.1, 0.15) is 19.3 Å². The van der Waals surface area contributed by atoms with Crippen molar-refractivity contribution in [3.63, 3.8) is 0 Å². The molecule has 3 rings (SSSR count). The molecule has 0 spiro atoms. The quantitative estimate of drug-likeness (QED) is 0.820. The molecule has 1 aromatic rings. The predicted octanol–water partition coefficient (Wildman–Crippen LogP) is 1.17. The molecule has 3 heterocycles. The Morgan fingerprint density at radius 3 is 3.00 bits per heavy atom. The molecule has 2 unspecified atom stereocenters. The molecule has 0 saturated carbocycles. The van der Waals surface area contributed by atoms with Crippen molar-refractivity contribution < 1.29 is 0 Å². The third-order valence-corrected chi connectivity index (χ3v) is 3.83. The van der Waals surface area contributed by atoms with Crippen LogP contribution in [-0.2, 0) is 0 Å². The molecule has 92 valence electrons. The van der Waals surface area contributed by atoms with E-state index in [0.717, 1.165) is 11.6 Å². The topological polar surface area (TPSA) is 53.1 Å². The molecule has 2 fully saturated rings. The van der Waals surface area contributed by atoms with E-state index in [4.69, 9.17) is 0 Å². The maximum Gasteiger partial charge on any atom is 0.147 e. The van der Waals surface area contributed by atoms with Crippen LogP contribution in [-0.4, -0.2) is 47.1 Å². The van der Waals surface area contributed by atoms with Crippen molar-refractivity contribution in [2.45, 2.75) is 31.3 Å². The Balaban J connectivity index is 1.70. The maximum absolute atomic E-state index is 4.47. The van der Waals surface area contributed by atoms with Gasteiger partial charge in [0.25, 0.3) is 0 Å². The molecule has 2 N–H and O–H groups in total. The molecule has 0 amide bonds. The molecule has 0 aliphatic carbocycles. The van der Waals surface area contributed by atoms with E-state index in [9.17, 15) is 0 Å². The monoisotopic (exact) mass is 233 g/mol. The standard InChI is InChI=1S/C12H19N5/c1-13-11-7-14-8-12(16-11)15-9-4-6-17-5-2-3-10(9)17/h7-10H,2-6H2,1H3,(H2,13,15,16). The zero-order valence-corrected chi connectivity index (χ0v) is 10.2. The third-order valence-electron chi connectivity index (χ3n) is 3.83. The second-order valence-corrected chi connectivity index (χ2v) is 4.82. The summed E-state index contributed by atoms with van der Waals surface area (Å²) >= 11 is 0. The normalized spacial score (nSPS) is 28.1. The van der Waals surface area contributed by atoms with Crippen LogP contribution in [0, 0.1) is 0 Å². The summed E-state index contributed by atoms with van der Waals surface area (Å²) in [5.74, 6) is 1.70. The highest BCUT2D eigenvalue weighted by Crippen LogP contribution is 2.29. The molecule has 2 aliphatic heterocycles. The van der Waals surface area contributed by atoms with E-state index in [-0.39, 0.29) is 0 Å². The Labute approximate surface area is 102 Å². The molecule has 0 bridgehead atoms. The number of aromatic nitrogens is 2. The Morgan fingerprint density at radius 1 is 1.24 bits per heavy atom. The molecule has 5 heteroatoms. The van der Waals surface area contributed by atoms with Crippen LogP contribution in [0.15, 0.2) is 12.4 Å². The summed E-state index contributed by atoms with van der Waals surface area (Å²) in [4.78, 5) is 11.2. The van der Waals surface area contributed by atoms with Gasteiger partial charge in [-0.05, 0) is 25.8 Å². The summed E-state index contributed by atoms with van der Waals surface area (Å²) in [7, 11) is 1.86. The van der Waals surface area contributed by atoms with E-state index in [1.165, 1.54) is 32.4 Å². The minimum absolute atomic E-state index is 0.541. The number of nitrogens with one attached hydrogen (secondary N) is 2. The Morgan fingerprint density at radius 2 is 2.12 bits per heavy atom. The average Bonchev–Trinajstić information content (AvgIpc) is 2.94.